The third-order valence-corrected chi connectivity index (χ3v) is 10.6. The van der Waals surface area contributed by atoms with Crippen LogP contribution in [-0.4, -0.2) is 41.9 Å². The van der Waals surface area contributed by atoms with Crippen molar-refractivity contribution in [3.63, 3.8) is 0 Å². The molecule has 0 heterocycles. The van der Waals surface area contributed by atoms with Gasteiger partial charge in [0.05, 0.1) is 17.9 Å². The number of rotatable bonds is 40. The standard InChI is InChI=1S/C48H85NO5S/c1-3-5-7-9-11-13-15-17-19-21-22-23-24-25-26-28-30-32-34-36-38-40-42-44-48(51)49-46(45-55(52,53)54)47(50)43-41-39-37-35-33-31-29-27-20-18-16-14-12-10-8-6-4-2/h5,7,11,13,17,19,22-23,33,35,41,43,46-47,50H,3-4,6,8-10,12,14-16,18,20-21,24-32,34,36-40,42,44-45H2,1-2H3,(H,49,51)(H,52,53,54)/b7-5-,13-11-,19-17-,23-22-,35-33+,43-41+. The van der Waals surface area contributed by atoms with Gasteiger partial charge in [0.25, 0.3) is 10.1 Å². The third kappa shape index (κ3) is 42.8. The lowest BCUT2D eigenvalue weighted by molar-refractivity contribution is -0.122. The largest absolute Gasteiger partial charge is 0.387 e. The van der Waals surface area contributed by atoms with Gasteiger partial charge in [-0.15, -0.1) is 0 Å². The minimum Gasteiger partial charge on any atom is -0.387 e. The van der Waals surface area contributed by atoms with Crippen molar-refractivity contribution in [3.8, 4) is 0 Å². The van der Waals surface area contributed by atoms with Crippen LogP contribution >= 0.6 is 0 Å². The molecule has 0 aliphatic rings. The van der Waals surface area contributed by atoms with Gasteiger partial charge in [-0.3, -0.25) is 9.35 Å². The van der Waals surface area contributed by atoms with Crippen molar-refractivity contribution in [2.75, 3.05) is 5.75 Å². The van der Waals surface area contributed by atoms with Crippen molar-refractivity contribution in [1.82, 2.24) is 5.32 Å². The number of unbranched alkanes of at least 4 members (excludes halogenated alkanes) is 22. The molecule has 1 amide bonds. The van der Waals surface area contributed by atoms with Gasteiger partial charge in [-0.25, -0.2) is 0 Å². The second-order valence-corrected chi connectivity index (χ2v) is 16.8. The highest BCUT2D eigenvalue weighted by Gasteiger charge is 2.24. The maximum absolute atomic E-state index is 12.6. The van der Waals surface area contributed by atoms with Gasteiger partial charge >= 0.3 is 0 Å². The molecule has 0 bridgehead atoms. The fourth-order valence-electron chi connectivity index (χ4n) is 6.52. The zero-order valence-corrected chi connectivity index (χ0v) is 36.3. The number of aliphatic hydroxyl groups excluding tert-OH is 1. The van der Waals surface area contributed by atoms with Crippen molar-refractivity contribution >= 4 is 16.0 Å². The van der Waals surface area contributed by atoms with Crippen LogP contribution in [-0.2, 0) is 14.9 Å². The van der Waals surface area contributed by atoms with Gasteiger partial charge in [0.15, 0.2) is 0 Å². The molecule has 0 spiro atoms. The first kappa shape index (κ1) is 52.8. The second kappa shape index (κ2) is 41.4. The number of hydrogen-bond donors (Lipinski definition) is 3. The third-order valence-electron chi connectivity index (χ3n) is 9.87. The van der Waals surface area contributed by atoms with E-state index < -0.39 is 28.0 Å². The Balaban J connectivity index is 3.91. The molecule has 3 N–H and O–H groups in total. The zero-order chi connectivity index (χ0) is 40.3. The van der Waals surface area contributed by atoms with Crippen molar-refractivity contribution < 1.29 is 22.9 Å². The van der Waals surface area contributed by atoms with E-state index in [0.29, 0.717) is 6.42 Å². The van der Waals surface area contributed by atoms with E-state index in [0.717, 1.165) is 70.6 Å². The Morgan fingerprint density at radius 3 is 1.36 bits per heavy atom. The molecule has 0 rings (SSSR count). The van der Waals surface area contributed by atoms with E-state index in [2.05, 4.69) is 79.9 Å². The fourth-order valence-corrected chi connectivity index (χ4v) is 7.25. The highest BCUT2D eigenvalue weighted by Crippen LogP contribution is 2.14. The highest BCUT2D eigenvalue weighted by molar-refractivity contribution is 7.85. The minimum atomic E-state index is -4.36. The van der Waals surface area contributed by atoms with E-state index in [4.69, 9.17) is 0 Å². The van der Waals surface area contributed by atoms with Gasteiger partial charge in [0.2, 0.25) is 5.91 Å². The number of carbonyl (C=O) groups is 1. The average molecular weight is 788 g/mol. The maximum Gasteiger partial charge on any atom is 0.267 e. The first-order chi connectivity index (χ1) is 26.8. The van der Waals surface area contributed by atoms with Crippen LogP contribution in [0.3, 0.4) is 0 Å². The molecule has 55 heavy (non-hydrogen) atoms. The summed E-state index contributed by atoms with van der Waals surface area (Å²) in [5, 5.41) is 13.2. The summed E-state index contributed by atoms with van der Waals surface area (Å²) in [6.07, 6.45) is 58.9. The topological polar surface area (TPSA) is 104 Å². The highest BCUT2D eigenvalue weighted by atomic mass is 32.2. The van der Waals surface area contributed by atoms with Crippen molar-refractivity contribution in [2.24, 2.45) is 0 Å². The Bertz CT molecular complexity index is 1140. The molecule has 0 aliphatic heterocycles. The van der Waals surface area contributed by atoms with Crippen LogP contribution < -0.4 is 5.32 Å². The van der Waals surface area contributed by atoms with E-state index in [1.807, 2.05) is 6.08 Å². The molecule has 0 saturated carbocycles. The Kier molecular flexibility index (Phi) is 39.7. The molecular weight excluding hydrogens is 703 g/mol. The van der Waals surface area contributed by atoms with Crippen LogP contribution in [0.25, 0.3) is 0 Å². The molecule has 6 nitrogen and oxygen atoms in total. The Morgan fingerprint density at radius 1 is 0.509 bits per heavy atom. The fraction of sp³-hybridized carbons (Fsp3) is 0.729. The van der Waals surface area contributed by atoms with Gasteiger partial charge in [0.1, 0.15) is 0 Å². The predicted molar refractivity (Wildman–Crippen MR) is 239 cm³/mol. The van der Waals surface area contributed by atoms with Crippen LogP contribution in [0.15, 0.2) is 72.9 Å². The molecule has 7 heteroatoms. The zero-order valence-electron chi connectivity index (χ0n) is 35.5. The summed E-state index contributed by atoms with van der Waals surface area (Å²) in [5.74, 6) is -1.01. The summed E-state index contributed by atoms with van der Waals surface area (Å²) in [5.41, 5.74) is 0. The average Bonchev–Trinajstić information content (AvgIpc) is 3.15. The molecule has 0 aromatic carbocycles. The number of aliphatic hydroxyl groups is 1. The van der Waals surface area contributed by atoms with Gasteiger partial charge < -0.3 is 10.4 Å². The lowest BCUT2D eigenvalue weighted by Crippen LogP contribution is -2.46. The van der Waals surface area contributed by atoms with E-state index in [1.54, 1.807) is 0 Å². The first-order valence-electron chi connectivity index (χ1n) is 22.6. The Hall–Kier alpha value is -2.22. The Morgan fingerprint density at radius 2 is 0.891 bits per heavy atom. The quantitative estimate of drug-likeness (QED) is 0.0326. The lowest BCUT2D eigenvalue weighted by Gasteiger charge is -2.21. The van der Waals surface area contributed by atoms with Gasteiger partial charge in [0, 0.05) is 6.42 Å². The normalized spacial score (nSPS) is 13.9. The summed E-state index contributed by atoms with van der Waals surface area (Å²) in [7, 11) is -4.36. The summed E-state index contributed by atoms with van der Waals surface area (Å²) in [4.78, 5) is 12.6. The number of allylic oxidation sites excluding steroid dienone is 11. The minimum absolute atomic E-state index is 0.279. The molecule has 2 atom stereocenters. The number of hydrogen-bond acceptors (Lipinski definition) is 4. The van der Waals surface area contributed by atoms with Crippen molar-refractivity contribution in [3.05, 3.63) is 72.9 Å². The molecular formula is C48H85NO5S. The van der Waals surface area contributed by atoms with Gasteiger partial charge in [-0.2, -0.15) is 8.42 Å². The molecule has 0 fully saturated rings. The van der Waals surface area contributed by atoms with E-state index in [-0.39, 0.29) is 12.3 Å². The van der Waals surface area contributed by atoms with Crippen LogP contribution in [0.5, 0.6) is 0 Å². The lowest BCUT2D eigenvalue weighted by atomic mass is 10.0. The summed E-state index contributed by atoms with van der Waals surface area (Å²) < 4.78 is 32.6. The second-order valence-electron chi connectivity index (χ2n) is 15.3. The maximum atomic E-state index is 12.6. The van der Waals surface area contributed by atoms with Crippen LogP contribution in [0.2, 0.25) is 0 Å². The van der Waals surface area contributed by atoms with Gasteiger partial charge in [-0.05, 0) is 70.6 Å². The number of nitrogens with one attached hydrogen (secondary N) is 1. The molecule has 0 aliphatic carbocycles. The van der Waals surface area contributed by atoms with Crippen molar-refractivity contribution in [2.45, 2.75) is 219 Å². The number of carbonyl (C=O) groups excluding carboxylic acids is 1. The van der Waals surface area contributed by atoms with E-state index in [9.17, 15) is 22.9 Å². The molecule has 0 aromatic rings. The molecule has 318 valence electrons. The molecule has 0 saturated heterocycles. The molecule has 2 unspecified atom stereocenters. The smallest absolute Gasteiger partial charge is 0.267 e. The van der Waals surface area contributed by atoms with E-state index >= 15 is 0 Å². The van der Waals surface area contributed by atoms with Crippen LogP contribution in [0, 0.1) is 0 Å². The summed E-state index contributed by atoms with van der Waals surface area (Å²) in [6, 6.07) is -1.08. The monoisotopic (exact) mass is 788 g/mol. The SMILES string of the molecule is CC/C=C\C/C=C\C/C=C\C/C=C\CCCCCCCCCCCCC(=O)NC(CS(=O)(=O)O)C(O)/C=C/CC/C=C/CCCCCCCCCCCCC. The van der Waals surface area contributed by atoms with E-state index in [1.165, 1.54) is 115 Å². The summed E-state index contributed by atoms with van der Waals surface area (Å²) in [6.45, 7) is 4.42. The number of amides is 1. The Labute approximate surface area is 340 Å². The van der Waals surface area contributed by atoms with Gasteiger partial charge in [-0.1, -0.05) is 202 Å². The van der Waals surface area contributed by atoms with Crippen LogP contribution in [0.4, 0.5) is 0 Å². The summed E-state index contributed by atoms with van der Waals surface area (Å²) >= 11 is 0. The van der Waals surface area contributed by atoms with Crippen LogP contribution in [0.1, 0.15) is 206 Å². The molecule has 0 radical (unpaired) electrons. The first-order valence-corrected chi connectivity index (χ1v) is 24.2. The van der Waals surface area contributed by atoms with Crippen molar-refractivity contribution in [1.29, 1.82) is 0 Å². The molecule has 0 aromatic heterocycles. The predicted octanol–water partition coefficient (Wildman–Crippen LogP) is 13.8.